The van der Waals surface area contributed by atoms with Gasteiger partial charge in [0.25, 0.3) is 0 Å². The molecule has 9 aromatic carbocycles. The lowest BCUT2D eigenvalue weighted by Gasteiger charge is -2.17. The minimum atomic E-state index is 0.608. The summed E-state index contributed by atoms with van der Waals surface area (Å²) in [6.07, 6.45) is 0. The lowest BCUT2D eigenvalue weighted by atomic mass is 10.00. The van der Waals surface area contributed by atoms with E-state index in [1.807, 2.05) is 24.3 Å². The summed E-state index contributed by atoms with van der Waals surface area (Å²) in [7, 11) is 0. The Morgan fingerprint density at radius 3 is 1.26 bits per heavy atom. The number of hydrogen-bond donors (Lipinski definition) is 0. The Kier molecular flexibility index (Phi) is 7.78. The van der Waals surface area contributed by atoms with Crippen LogP contribution in [0.1, 0.15) is 0 Å². The van der Waals surface area contributed by atoms with E-state index in [4.69, 9.17) is 15.0 Å². The molecule has 11 rings (SSSR count). The molecule has 57 heavy (non-hydrogen) atoms. The molecule has 4 nitrogen and oxygen atoms in total. The van der Waals surface area contributed by atoms with Crippen LogP contribution in [0.5, 0.6) is 0 Å². The van der Waals surface area contributed by atoms with Gasteiger partial charge in [-0.05, 0) is 68.1 Å². The average Bonchev–Trinajstić information content (AvgIpc) is 3.65. The van der Waals surface area contributed by atoms with Gasteiger partial charge < -0.3 is 4.57 Å². The molecule has 0 aliphatic heterocycles. The van der Waals surface area contributed by atoms with Crippen molar-refractivity contribution in [2.45, 2.75) is 0 Å². The van der Waals surface area contributed by atoms with Gasteiger partial charge in [0, 0.05) is 27.5 Å². The van der Waals surface area contributed by atoms with Crippen LogP contribution in [0.15, 0.2) is 206 Å². The summed E-state index contributed by atoms with van der Waals surface area (Å²) in [4.78, 5) is 15.7. The van der Waals surface area contributed by atoms with E-state index in [2.05, 4.69) is 187 Å². The third-order valence-corrected chi connectivity index (χ3v) is 11.1. The molecular formula is C53H34N4. The summed E-state index contributed by atoms with van der Waals surface area (Å²) in [6, 6.07) is 72.8. The van der Waals surface area contributed by atoms with Crippen LogP contribution in [0.2, 0.25) is 0 Å². The highest BCUT2D eigenvalue weighted by molar-refractivity contribution is 6.28. The molecule has 0 saturated heterocycles. The van der Waals surface area contributed by atoms with Crippen LogP contribution in [0.3, 0.4) is 0 Å². The monoisotopic (exact) mass is 726 g/mol. The molecule has 0 spiro atoms. The van der Waals surface area contributed by atoms with Crippen molar-refractivity contribution >= 4 is 43.4 Å². The Hall–Kier alpha value is -7.69. The maximum Gasteiger partial charge on any atom is 0.166 e. The Labute approximate surface area is 330 Å². The second kappa shape index (κ2) is 13.6. The highest BCUT2D eigenvalue weighted by Crippen LogP contribution is 2.43. The van der Waals surface area contributed by atoms with Gasteiger partial charge in [0.2, 0.25) is 0 Å². The van der Waals surface area contributed by atoms with Crippen molar-refractivity contribution in [1.29, 1.82) is 0 Å². The summed E-state index contributed by atoms with van der Waals surface area (Å²) in [5.41, 5.74) is 10.6. The van der Waals surface area contributed by atoms with Gasteiger partial charge in [-0.25, -0.2) is 15.0 Å². The minimum Gasteiger partial charge on any atom is -0.308 e. The number of hydrogen-bond acceptors (Lipinski definition) is 3. The second-order valence-electron chi connectivity index (χ2n) is 14.4. The van der Waals surface area contributed by atoms with Gasteiger partial charge in [-0.2, -0.15) is 0 Å². The Morgan fingerprint density at radius 2 is 0.702 bits per heavy atom. The Morgan fingerprint density at radius 1 is 0.298 bits per heavy atom. The summed E-state index contributed by atoms with van der Waals surface area (Å²) in [6.45, 7) is 0. The van der Waals surface area contributed by atoms with E-state index >= 15 is 0 Å². The van der Waals surface area contributed by atoms with Crippen molar-refractivity contribution in [1.82, 2.24) is 19.5 Å². The molecule has 0 fully saturated rings. The molecule has 0 bridgehead atoms. The number of benzene rings is 9. The maximum absolute atomic E-state index is 5.30. The summed E-state index contributed by atoms with van der Waals surface area (Å²) < 4.78 is 2.42. The van der Waals surface area contributed by atoms with Crippen molar-refractivity contribution < 1.29 is 0 Å². The minimum absolute atomic E-state index is 0.608. The average molecular weight is 727 g/mol. The Balaban J connectivity index is 1.21. The fourth-order valence-corrected chi connectivity index (χ4v) is 8.31. The zero-order valence-corrected chi connectivity index (χ0v) is 30.9. The lowest BCUT2D eigenvalue weighted by Crippen LogP contribution is -2.04. The molecule has 11 aromatic rings. The van der Waals surface area contributed by atoms with E-state index in [1.165, 1.54) is 37.9 Å². The SMILES string of the molecule is c1ccc(-c2ccc(-c3nc(-c4ccccc4)nc(-c4ccc(-c5ccccc5)cc4-n4c5ccc6ccccc6c5c5c6ccccc6ccc54)n3)cc2)cc1. The first-order valence-corrected chi connectivity index (χ1v) is 19.3. The molecule has 0 saturated carbocycles. The van der Waals surface area contributed by atoms with Gasteiger partial charge in [0.15, 0.2) is 17.5 Å². The molecule has 266 valence electrons. The normalized spacial score (nSPS) is 11.5. The molecule has 2 aromatic heterocycles. The van der Waals surface area contributed by atoms with E-state index in [-0.39, 0.29) is 0 Å². The number of fused-ring (bicyclic) bond motifs is 7. The van der Waals surface area contributed by atoms with Crippen LogP contribution in [-0.4, -0.2) is 19.5 Å². The first-order chi connectivity index (χ1) is 28.3. The summed E-state index contributed by atoms with van der Waals surface area (Å²) in [5.74, 6) is 1.85. The van der Waals surface area contributed by atoms with E-state index in [1.54, 1.807) is 0 Å². The van der Waals surface area contributed by atoms with Crippen LogP contribution in [0, 0.1) is 0 Å². The molecule has 0 atom stereocenters. The maximum atomic E-state index is 5.30. The third-order valence-electron chi connectivity index (χ3n) is 11.1. The molecule has 0 amide bonds. The first-order valence-electron chi connectivity index (χ1n) is 19.3. The van der Waals surface area contributed by atoms with Gasteiger partial charge in [-0.1, -0.05) is 182 Å². The second-order valence-corrected chi connectivity index (χ2v) is 14.4. The van der Waals surface area contributed by atoms with Crippen molar-refractivity contribution in [2.75, 3.05) is 0 Å². The number of rotatable bonds is 6. The van der Waals surface area contributed by atoms with E-state index in [9.17, 15) is 0 Å². The topological polar surface area (TPSA) is 43.6 Å². The van der Waals surface area contributed by atoms with Crippen LogP contribution < -0.4 is 0 Å². The van der Waals surface area contributed by atoms with Crippen molar-refractivity contribution in [3.8, 4) is 62.1 Å². The van der Waals surface area contributed by atoms with E-state index in [0.29, 0.717) is 17.5 Å². The standard InChI is InChI=1S/C53H34N4/c1-4-14-35(15-5-1)37-24-26-41(27-25-37)52-54-51(40-20-8-3-9-21-40)55-53(56-52)45-31-28-42(36-16-6-2-7-17-36)34-48(45)57-46-32-29-38-18-10-12-22-43(38)49(46)50-44-23-13-11-19-39(44)30-33-47(50)57/h1-34H. The van der Waals surface area contributed by atoms with Crippen LogP contribution in [0.4, 0.5) is 0 Å². The van der Waals surface area contributed by atoms with Gasteiger partial charge in [0.05, 0.1) is 16.7 Å². The van der Waals surface area contributed by atoms with Gasteiger partial charge >= 0.3 is 0 Å². The van der Waals surface area contributed by atoms with Crippen molar-refractivity contribution in [3.63, 3.8) is 0 Å². The first kappa shape index (κ1) is 32.7. The van der Waals surface area contributed by atoms with Crippen LogP contribution in [0.25, 0.3) is 105 Å². The molecule has 4 heteroatoms. The summed E-state index contributed by atoms with van der Waals surface area (Å²) in [5, 5.41) is 7.34. The van der Waals surface area contributed by atoms with Gasteiger partial charge in [-0.15, -0.1) is 0 Å². The molecule has 0 aliphatic carbocycles. The summed E-state index contributed by atoms with van der Waals surface area (Å²) >= 11 is 0. The zero-order valence-electron chi connectivity index (χ0n) is 30.9. The molecule has 0 N–H and O–H groups in total. The van der Waals surface area contributed by atoms with Gasteiger partial charge in [-0.3, -0.25) is 0 Å². The molecule has 0 radical (unpaired) electrons. The molecule has 0 unspecified atom stereocenters. The molecular weight excluding hydrogens is 693 g/mol. The lowest BCUT2D eigenvalue weighted by molar-refractivity contribution is 1.06. The van der Waals surface area contributed by atoms with E-state index < -0.39 is 0 Å². The predicted molar refractivity (Wildman–Crippen MR) is 236 cm³/mol. The van der Waals surface area contributed by atoms with E-state index in [0.717, 1.165) is 50.1 Å². The van der Waals surface area contributed by atoms with Crippen molar-refractivity contribution in [3.05, 3.63) is 206 Å². The van der Waals surface area contributed by atoms with Crippen LogP contribution in [-0.2, 0) is 0 Å². The number of nitrogens with zero attached hydrogens (tertiary/aromatic N) is 4. The third kappa shape index (κ3) is 5.66. The molecule has 2 heterocycles. The van der Waals surface area contributed by atoms with Gasteiger partial charge in [0.1, 0.15) is 0 Å². The van der Waals surface area contributed by atoms with Crippen LogP contribution >= 0.6 is 0 Å². The quantitative estimate of drug-likeness (QED) is 0.171. The van der Waals surface area contributed by atoms with Crippen molar-refractivity contribution in [2.24, 2.45) is 0 Å². The Bertz CT molecular complexity index is 3170. The molecule has 0 aliphatic rings. The highest BCUT2D eigenvalue weighted by Gasteiger charge is 2.22. The number of aromatic nitrogens is 4. The fourth-order valence-electron chi connectivity index (χ4n) is 8.31. The predicted octanol–water partition coefficient (Wildman–Crippen LogP) is 13.6. The highest BCUT2D eigenvalue weighted by atomic mass is 15.1. The smallest absolute Gasteiger partial charge is 0.166 e. The largest absolute Gasteiger partial charge is 0.308 e. The zero-order chi connectivity index (χ0) is 37.7. The fraction of sp³-hybridized carbons (Fsp3) is 0.